The molecule has 88 valence electrons. The number of methoxy groups -OCH3 is 2. The van der Waals surface area contributed by atoms with E-state index in [4.69, 9.17) is 9.47 Å². The van der Waals surface area contributed by atoms with E-state index in [9.17, 15) is 9.90 Å². The van der Waals surface area contributed by atoms with E-state index in [0.29, 0.717) is 19.6 Å². The van der Waals surface area contributed by atoms with Crippen LogP contribution in [-0.2, 0) is 14.3 Å². The van der Waals surface area contributed by atoms with Crippen LogP contribution in [0.4, 0.5) is 0 Å². The topological polar surface area (TPSA) is 59.0 Å². The smallest absolute Gasteiger partial charge is 0.323 e. The predicted octanol–water partition coefficient (Wildman–Crippen LogP) is -0.371. The first-order chi connectivity index (χ1) is 7.10. The highest BCUT2D eigenvalue weighted by Gasteiger charge is 2.38. The Labute approximate surface area is 90.0 Å². The quantitative estimate of drug-likeness (QED) is 0.651. The third kappa shape index (κ3) is 2.90. The average Bonchev–Trinajstić information content (AvgIpc) is 2.59. The first-order valence-corrected chi connectivity index (χ1v) is 5.10. The van der Waals surface area contributed by atoms with Crippen molar-refractivity contribution < 1.29 is 19.4 Å². The monoisotopic (exact) mass is 217 g/mol. The van der Waals surface area contributed by atoms with Crippen molar-refractivity contribution in [3.63, 3.8) is 0 Å². The fraction of sp³-hybridized carbons (Fsp3) is 0.900. The summed E-state index contributed by atoms with van der Waals surface area (Å²) < 4.78 is 9.75. The van der Waals surface area contributed by atoms with Crippen LogP contribution in [0.5, 0.6) is 0 Å². The number of carbonyl (C=O) groups excluding carboxylic acids is 1. The molecule has 1 aliphatic heterocycles. The molecule has 0 spiro atoms. The molecule has 0 amide bonds. The molecule has 1 aliphatic rings. The molecule has 3 unspecified atom stereocenters. The van der Waals surface area contributed by atoms with Gasteiger partial charge in [-0.25, -0.2) is 0 Å². The van der Waals surface area contributed by atoms with E-state index >= 15 is 0 Å². The minimum absolute atomic E-state index is 0.108. The zero-order valence-electron chi connectivity index (χ0n) is 9.47. The molecule has 0 bridgehead atoms. The number of likely N-dealkylation sites (tertiary alicyclic amines) is 1. The van der Waals surface area contributed by atoms with E-state index in [-0.39, 0.29) is 18.1 Å². The van der Waals surface area contributed by atoms with E-state index < -0.39 is 6.10 Å². The summed E-state index contributed by atoms with van der Waals surface area (Å²) in [5, 5.41) is 9.54. The second kappa shape index (κ2) is 5.44. The van der Waals surface area contributed by atoms with E-state index in [1.807, 2.05) is 11.8 Å². The number of aliphatic hydroxyl groups excluding tert-OH is 1. The number of hydrogen-bond acceptors (Lipinski definition) is 5. The number of esters is 1. The Morgan fingerprint density at radius 1 is 1.60 bits per heavy atom. The van der Waals surface area contributed by atoms with Crippen LogP contribution in [0.3, 0.4) is 0 Å². The zero-order valence-corrected chi connectivity index (χ0v) is 9.47. The summed E-state index contributed by atoms with van der Waals surface area (Å²) in [5.41, 5.74) is 0. The maximum Gasteiger partial charge on any atom is 0.323 e. The summed E-state index contributed by atoms with van der Waals surface area (Å²) >= 11 is 0. The van der Waals surface area contributed by atoms with Crippen LogP contribution in [-0.4, -0.2) is 61.5 Å². The predicted molar refractivity (Wildman–Crippen MR) is 54.5 cm³/mol. The summed E-state index contributed by atoms with van der Waals surface area (Å²) in [7, 11) is 2.99. The van der Waals surface area contributed by atoms with Gasteiger partial charge in [-0.05, 0) is 6.92 Å². The number of aliphatic hydroxyl groups is 1. The van der Waals surface area contributed by atoms with Crippen molar-refractivity contribution in [2.45, 2.75) is 31.5 Å². The highest BCUT2D eigenvalue weighted by Crippen LogP contribution is 2.21. The molecule has 3 atom stereocenters. The fourth-order valence-corrected chi connectivity index (χ4v) is 2.03. The standard InChI is InChI=1S/C10H19NO4/c1-7(6-14-2)11-5-8(12)4-9(11)10(13)15-3/h7-9,12H,4-6H2,1-3H3. The lowest BCUT2D eigenvalue weighted by atomic mass is 10.2. The van der Waals surface area contributed by atoms with Crippen molar-refractivity contribution in [3.8, 4) is 0 Å². The molecule has 1 rings (SSSR count). The van der Waals surface area contributed by atoms with Gasteiger partial charge in [0.05, 0.1) is 19.8 Å². The molecule has 1 saturated heterocycles. The largest absolute Gasteiger partial charge is 0.468 e. The number of nitrogens with zero attached hydrogens (tertiary/aromatic N) is 1. The highest BCUT2D eigenvalue weighted by atomic mass is 16.5. The second-order valence-corrected chi connectivity index (χ2v) is 3.93. The third-order valence-corrected chi connectivity index (χ3v) is 2.76. The summed E-state index contributed by atoms with van der Waals surface area (Å²) in [5.74, 6) is -0.283. The number of carbonyl (C=O) groups is 1. The minimum atomic E-state index is -0.451. The Hall–Kier alpha value is -0.650. The summed E-state index contributed by atoms with van der Waals surface area (Å²) in [4.78, 5) is 13.4. The van der Waals surface area contributed by atoms with Gasteiger partial charge in [0.1, 0.15) is 6.04 Å². The van der Waals surface area contributed by atoms with Gasteiger partial charge in [-0.1, -0.05) is 0 Å². The SMILES string of the molecule is COCC(C)N1CC(O)CC1C(=O)OC. The van der Waals surface area contributed by atoms with Gasteiger partial charge in [0, 0.05) is 26.1 Å². The summed E-state index contributed by atoms with van der Waals surface area (Å²) in [6, 6.07) is -0.230. The molecular weight excluding hydrogens is 198 g/mol. The van der Waals surface area contributed by atoms with E-state index in [1.165, 1.54) is 7.11 Å². The Bertz CT molecular complexity index is 221. The van der Waals surface area contributed by atoms with Gasteiger partial charge in [-0.2, -0.15) is 0 Å². The molecule has 0 radical (unpaired) electrons. The van der Waals surface area contributed by atoms with Crippen LogP contribution in [0, 0.1) is 0 Å². The van der Waals surface area contributed by atoms with Crippen LogP contribution >= 0.6 is 0 Å². The maximum atomic E-state index is 11.5. The van der Waals surface area contributed by atoms with E-state index in [2.05, 4.69) is 0 Å². The molecule has 1 heterocycles. The first-order valence-electron chi connectivity index (χ1n) is 5.10. The Morgan fingerprint density at radius 2 is 2.27 bits per heavy atom. The van der Waals surface area contributed by atoms with Crippen molar-refractivity contribution in [2.24, 2.45) is 0 Å². The van der Waals surface area contributed by atoms with E-state index in [1.54, 1.807) is 7.11 Å². The molecule has 0 saturated carbocycles. The Balaban J connectivity index is 2.63. The molecular formula is C10H19NO4. The van der Waals surface area contributed by atoms with Gasteiger partial charge in [-0.15, -0.1) is 0 Å². The second-order valence-electron chi connectivity index (χ2n) is 3.93. The van der Waals surface area contributed by atoms with Crippen molar-refractivity contribution in [3.05, 3.63) is 0 Å². The minimum Gasteiger partial charge on any atom is -0.468 e. The van der Waals surface area contributed by atoms with Crippen molar-refractivity contribution >= 4 is 5.97 Å². The molecule has 1 N–H and O–H groups in total. The van der Waals surface area contributed by atoms with Crippen LogP contribution in [0.2, 0.25) is 0 Å². The van der Waals surface area contributed by atoms with Crippen molar-refractivity contribution in [1.29, 1.82) is 0 Å². The Morgan fingerprint density at radius 3 is 2.80 bits per heavy atom. The molecule has 0 aromatic carbocycles. The van der Waals surface area contributed by atoms with Gasteiger partial charge in [-0.3, -0.25) is 9.69 Å². The lowest BCUT2D eigenvalue weighted by molar-refractivity contribution is -0.146. The first kappa shape index (κ1) is 12.4. The number of ether oxygens (including phenoxy) is 2. The maximum absolute atomic E-state index is 11.5. The van der Waals surface area contributed by atoms with Crippen LogP contribution in [0.25, 0.3) is 0 Å². The molecule has 1 fully saturated rings. The number of rotatable bonds is 4. The van der Waals surface area contributed by atoms with Gasteiger partial charge >= 0.3 is 5.97 Å². The molecule has 15 heavy (non-hydrogen) atoms. The molecule has 0 aliphatic carbocycles. The van der Waals surface area contributed by atoms with Gasteiger partial charge in [0.2, 0.25) is 0 Å². The molecule has 5 nitrogen and oxygen atoms in total. The normalized spacial score (nSPS) is 29.1. The summed E-state index contributed by atoms with van der Waals surface area (Å²) in [6.07, 6.45) is -0.00538. The van der Waals surface area contributed by atoms with Gasteiger partial charge in [0.25, 0.3) is 0 Å². The highest BCUT2D eigenvalue weighted by molar-refractivity contribution is 5.76. The molecule has 0 aromatic rings. The van der Waals surface area contributed by atoms with E-state index in [0.717, 1.165) is 0 Å². The lowest BCUT2D eigenvalue weighted by Gasteiger charge is -2.28. The van der Waals surface area contributed by atoms with Crippen molar-refractivity contribution in [1.82, 2.24) is 4.90 Å². The van der Waals surface area contributed by atoms with Gasteiger partial charge < -0.3 is 14.6 Å². The number of hydrogen-bond donors (Lipinski definition) is 1. The van der Waals surface area contributed by atoms with Gasteiger partial charge in [0.15, 0.2) is 0 Å². The summed E-state index contributed by atoms with van der Waals surface area (Å²) in [6.45, 7) is 3.02. The van der Waals surface area contributed by atoms with Crippen LogP contribution in [0.1, 0.15) is 13.3 Å². The van der Waals surface area contributed by atoms with Crippen LogP contribution < -0.4 is 0 Å². The molecule has 5 heteroatoms. The third-order valence-electron chi connectivity index (χ3n) is 2.76. The lowest BCUT2D eigenvalue weighted by Crippen LogP contribution is -2.44. The Kier molecular flexibility index (Phi) is 4.50. The molecule has 0 aromatic heterocycles. The zero-order chi connectivity index (χ0) is 11.4. The number of β-amino-alcohol motifs (C(OH)–C–C–N with tert-alkyl or cyclic N) is 1. The van der Waals surface area contributed by atoms with Crippen molar-refractivity contribution in [2.75, 3.05) is 27.4 Å². The fourth-order valence-electron chi connectivity index (χ4n) is 2.03. The average molecular weight is 217 g/mol. The van der Waals surface area contributed by atoms with Crippen LogP contribution in [0.15, 0.2) is 0 Å².